The molecule has 0 bridgehead atoms. The maximum Gasteiger partial charge on any atom is 0.102 e. The smallest absolute Gasteiger partial charge is 0.102 e. The van der Waals surface area contributed by atoms with Crippen LogP contribution in [0.4, 0.5) is 0 Å². The first-order valence-corrected chi connectivity index (χ1v) is 5.57. The molecular weight excluding hydrogens is 162 g/mol. The first-order valence-electron chi connectivity index (χ1n) is 5.57. The molecule has 13 heavy (non-hydrogen) atoms. The van der Waals surface area contributed by atoms with Gasteiger partial charge < -0.3 is 9.22 Å². The zero-order valence-corrected chi connectivity index (χ0v) is 9.38. The molecule has 2 heteroatoms. The predicted octanol–water partition coefficient (Wildman–Crippen LogP) is 1.90. The minimum Gasteiger partial charge on any atom is -0.376 e. The Morgan fingerprint density at radius 2 is 2.15 bits per heavy atom. The van der Waals surface area contributed by atoms with Crippen LogP contribution in [0.2, 0.25) is 0 Å². The number of nitrogens with zero attached hydrogens (tertiary/aromatic N) is 1. The van der Waals surface area contributed by atoms with Crippen LogP contribution < -0.4 is 0 Å². The summed E-state index contributed by atoms with van der Waals surface area (Å²) in [5.41, 5.74) is 0. The van der Waals surface area contributed by atoms with E-state index in [9.17, 15) is 0 Å². The molecule has 0 aliphatic carbocycles. The Balaban J connectivity index is 2.50. The summed E-state index contributed by atoms with van der Waals surface area (Å²) < 4.78 is 6.77. The van der Waals surface area contributed by atoms with Crippen LogP contribution in [0.25, 0.3) is 0 Å². The van der Waals surface area contributed by atoms with Gasteiger partial charge >= 0.3 is 0 Å². The van der Waals surface area contributed by atoms with Crippen molar-refractivity contribution in [3.8, 4) is 0 Å². The lowest BCUT2D eigenvalue weighted by Crippen LogP contribution is -2.48. The fourth-order valence-electron chi connectivity index (χ4n) is 2.14. The maximum absolute atomic E-state index is 5.58. The normalized spacial score (nSPS) is 37.6. The average molecular weight is 186 g/mol. The molecule has 1 aliphatic heterocycles. The molecule has 0 saturated carbocycles. The zero-order chi connectivity index (χ0) is 9.73. The van der Waals surface area contributed by atoms with Crippen molar-refractivity contribution in [1.82, 2.24) is 0 Å². The van der Waals surface area contributed by atoms with Gasteiger partial charge in [0.05, 0.1) is 26.7 Å². The molecule has 0 radical (unpaired) electrons. The van der Waals surface area contributed by atoms with Crippen molar-refractivity contribution in [3.63, 3.8) is 0 Å². The van der Waals surface area contributed by atoms with E-state index in [2.05, 4.69) is 20.9 Å². The van der Waals surface area contributed by atoms with Gasteiger partial charge in [0, 0.05) is 12.5 Å². The van der Waals surface area contributed by atoms with Crippen molar-refractivity contribution in [2.45, 2.75) is 26.7 Å². The van der Waals surface area contributed by atoms with Crippen LogP contribution in [0, 0.1) is 5.92 Å². The van der Waals surface area contributed by atoms with E-state index in [0.29, 0.717) is 0 Å². The third kappa shape index (κ3) is 3.65. The summed E-state index contributed by atoms with van der Waals surface area (Å²) in [6.07, 6.45) is 2.57. The number of hydrogen-bond donors (Lipinski definition) is 0. The number of ether oxygens (including phenoxy) is 1. The van der Waals surface area contributed by atoms with Gasteiger partial charge in [-0.05, 0) is 19.8 Å². The van der Waals surface area contributed by atoms with Crippen molar-refractivity contribution >= 4 is 0 Å². The van der Waals surface area contributed by atoms with Gasteiger partial charge in [0.2, 0.25) is 0 Å². The van der Waals surface area contributed by atoms with Crippen LogP contribution in [0.15, 0.2) is 0 Å². The summed E-state index contributed by atoms with van der Waals surface area (Å²) in [5, 5.41) is 0. The van der Waals surface area contributed by atoms with Crippen LogP contribution in [-0.2, 0) is 4.74 Å². The van der Waals surface area contributed by atoms with Gasteiger partial charge in [0.15, 0.2) is 0 Å². The summed E-state index contributed by atoms with van der Waals surface area (Å²) in [6.45, 7) is 10.3. The molecular formula is C11H24NO+. The monoisotopic (exact) mass is 186 g/mol. The van der Waals surface area contributed by atoms with Gasteiger partial charge in [-0.15, -0.1) is 0 Å². The Labute approximate surface area is 82.5 Å². The fraction of sp³-hybridized carbons (Fsp3) is 1.00. The fourth-order valence-corrected chi connectivity index (χ4v) is 2.14. The van der Waals surface area contributed by atoms with Crippen LogP contribution in [-0.4, -0.2) is 44.4 Å². The molecule has 0 aromatic heterocycles. The minimum atomic E-state index is 0.853. The summed E-state index contributed by atoms with van der Waals surface area (Å²) in [5.74, 6) is 0.853. The van der Waals surface area contributed by atoms with Crippen molar-refractivity contribution in [2.24, 2.45) is 5.92 Å². The first kappa shape index (κ1) is 11.0. The number of quaternary nitrogens is 1. The molecule has 0 N–H and O–H groups in total. The van der Waals surface area contributed by atoms with Crippen molar-refractivity contribution in [3.05, 3.63) is 0 Å². The second kappa shape index (κ2) is 4.97. The Morgan fingerprint density at radius 1 is 1.38 bits per heavy atom. The Hall–Kier alpha value is -0.0800. The largest absolute Gasteiger partial charge is 0.376 e. The van der Waals surface area contributed by atoms with Gasteiger partial charge in [0.25, 0.3) is 0 Å². The molecule has 2 nitrogen and oxygen atoms in total. The van der Waals surface area contributed by atoms with Gasteiger partial charge in [-0.1, -0.05) is 6.92 Å². The quantitative estimate of drug-likeness (QED) is 0.568. The van der Waals surface area contributed by atoms with Gasteiger partial charge in [-0.3, -0.25) is 0 Å². The van der Waals surface area contributed by atoms with Gasteiger partial charge in [-0.2, -0.15) is 0 Å². The van der Waals surface area contributed by atoms with E-state index in [1.165, 1.54) is 37.0 Å². The highest BCUT2D eigenvalue weighted by atomic mass is 16.5. The van der Waals surface area contributed by atoms with Crippen molar-refractivity contribution < 1.29 is 9.22 Å². The molecule has 78 valence electrons. The summed E-state index contributed by atoms with van der Waals surface area (Å²) in [6, 6.07) is 0. The average Bonchev–Trinajstić information content (AvgIpc) is 2.17. The molecule has 1 saturated heterocycles. The topological polar surface area (TPSA) is 9.23 Å². The SMILES string of the molecule is CC[N+]1(C)CCOCCCC(C)C1. The number of hydrogen-bond acceptors (Lipinski definition) is 1. The van der Waals surface area contributed by atoms with Crippen LogP contribution in [0.5, 0.6) is 0 Å². The first-order chi connectivity index (χ1) is 6.16. The van der Waals surface area contributed by atoms with Gasteiger partial charge in [-0.25, -0.2) is 0 Å². The predicted molar refractivity (Wildman–Crippen MR) is 55.7 cm³/mol. The lowest BCUT2D eigenvalue weighted by atomic mass is 10.0. The number of likely N-dealkylation sites (N-methyl/N-ethyl adjacent to an activating group) is 1. The molecule has 1 fully saturated rings. The molecule has 0 amide bonds. The van der Waals surface area contributed by atoms with Crippen LogP contribution in [0.3, 0.4) is 0 Å². The molecule has 0 aromatic rings. The molecule has 2 atom stereocenters. The zero-order valence-electron chi connectivity index (χ0n) is 9.38. The van der Waals surface area contributed by atoms with Crippen LogP contribution >= 0.6 is 0 Å². The van der Waals surface area contributed by atoms with E-state index in [-0.39, 0.29) is 0 Å². The van der Waals surface area contributed by atoms with Crippen LogP contribution in [0.1, 0.15) is 26.7 Å². The van der Waals surface area contributed by atoms with Gasteiger partial charge in [0.1, 0.15) is 6.54 Å². The maximum atomic E-state index is 5.58. The van der Waals surface area contributed by atoms with Crippen molar-refractivity contribution in [1.29, 1.82) is 0 Å². The van der Waals surface area contributed by atoms with E-state index in [1.54, 1.807) is 0 Å². The highest BCUT2D eigenvalue weighted by Gasteiger charge is 2.23. The van der Waals surface area contributed by atoms with E-state index in [4.69, 9.17) is 4.74 Å². The minimum absolute atomic E-state index is 0.853. The molecule has 1 heterocycles. The summed E-state index contributed by atoms with van der Waals surface area (Å²) in [7, 11) is 2.35. The van der Waals surface area contributed by atoms with Crippen molar-refractivity contribution in [2.75, 3.05) is 39.9 Å². The highest BCUT2D eigenvalue weighted by Crippen LogP contribution is 2.14. The third-order valence-electron chi connectivity index (χ3n) is 3.28. The summed E-state index contributed by atoms with van der Waals surface area (Å²) >= 11 is 0. The molecule has 2 unspecified atom stereocenters. The van der Waals surface area contributed by atoms with E-state index in [1.807, 2.05) is 0 Å². The second-order valence-corrected chi connectivity index (χ2v) is 4.70. The Morgan fingerprint density at radius 3 is 2.85 bits per heavy atom. The molecule has 0 spiro atoms. The molecule has 0 aromatic carbocycles. The Bertz CT molecular complexity index is 149. The van der Waals surface area contributed by atoms with E-state index < -0.39 is 0 Å². The van der Waals surface area contributed by atoms with E-state index in [0.717, 1.165) is 19.1 Å². The molecule has 1 rings (SSSR count). The summed E-state index contributed by atoms with van der Waals surface area (Å²) in [4.78, 5) is 0. The lowest BCUT2D eigenvalue weighted by Gasteiger charge is -2.34. The third-order valence-corrected chi connectivity index (χ3v) is 3.28. The second-order valence-electron chi connectivity index (χ2n) is 4.70. The number of rotatable bonds is 1. The molecule has 1 aliphatic rings. The highest BCUT2D eigenvalue weighted by molar-refractivity contribution is 4.55. The Kier molecular flexibility index (Phi) is 4.20. The standard InChI is InChI=1S/C11H24NO/c1-4-12(3)7-9-13-8-5-6-11(2)10-12/h11H,4-10H2,1-3H3/q+1. The lowest BCUT2D eigenvalue weighted by molar-refractivity contribution is -0.911. The van der Waals surface area contributed by atoms with E-state index >= 15 is 0 Å².